The van der Waals surface area contributed by atoms with E-state index < -0.39 is 18.2 Å². The van der Waals surface area contributed by atoms with Crippen LogP contribution in [0.2, 0.25) is 0 Å². The molecule has 36 heavy (non-hydrogen) atoms. The molecule has 3 fully saturated rings. The van der Waals surface area contributed by atoms with Crippen LogP contribution in [-0.2, 0) is 14.3 Å². The fourth-order valence-corrected chi connectivity index (χ4v) is 8.82. The average Bonchev–Trinajstić information content (AvgIpc) is 3.16. The molecule has 4 aliphatic carbocycles. The Bertz CT molecular complexity index is 941. The number of ether oxygens (including phenoxy) is 1. The average molecular weight is 501 g/mol. The molecule has 0 saturated heterocycles. The van der Waals surface area contributed by atoms with Crippen LogP contribution in [0.5, 0.6) is 0 Å². The normalized spacial score (nSPS) is 43.1. The van der Waals surface area contributed by atoms with Crippen LogP contribution in [0.25, 0.3) is 0 Å². The Balaban J connectivity index is 1.62. The second kappa shape index (κ2) is 9.90. The summed E-state index contributed by atoms with van der Waals surface area (Å²) in [4.78, 5) is 27.3. The standard InChI is InChI=1S/C30H48N2O4/c1-9-17(2)28(35)31-26-25(34)16-30(6)23-14-15-29(5)21(18(3)32(7)8)12-13-22(29)20(23)10-11-24(30)27(26)36-19(4)33/h9,12,18,20,22-27,34H,10-11,13-16H2,1-8H3,(H,31,35)/b17-9+/t18-,20-,22-,23-,24-,25+,26-,27+,29+,30+/m0/s1. The molecule has 0 bridgehead atoms. The lowest BCUT2D eigenvalue weighted by atomic mass is 9.43. The predicted molar refractivity (Wildman–Crippen MR) is 142 cm³/mol. The van der Waals surface area contributed by atoms with Crippen LogP contribution in [0, 0.1) is 34.5 Å². The maximum Gasteiger partial charge on any atom is 0.302 e. The zero-order valence-electron chi connectivity index (χ0n) is 23.6. The Kier molecular flexibility index (Phi) is 7.53. The van der Waals surface area contributed by atoms with Crippen molar-refractivity contribution in [1.29, 1.82) is 0 Å². The van der Waals surface area contributed by atoms with Gasteiger partial charge in [-0.15, -0.1) is 0 Å². The quantitative estimate of drug-likeness (QED) is 0.331. The molecular weight excluding hydrogens is 452 g/mol. The molecule has 0 spiro atoms. The van der Waals surface area contributed by atoms with E-state index >= 15 is 0 Å². The van der Waals surface area contributed by atoms with Crippen LogP contribution < -0.4 is 5.32 Å². The largest absolute Gasteiger partial charge is 0.460 e. The first kappa shape index (κ1) is 27.4. The van der Waals surface area contributed by atoms with E-state index in [1.165, 1.54) is 13.3 Å². The number of esters is 1. The van der Waals surface area contributed by atoms with Crippen molar-refractivity contribution in [2.75, 3.05) is 14.1 Å². The molecule has 1 amide bonds. The molecule has 0 aromatic heterocycles. The van der Waals surface area contributed by atoms with Crippen molar-refractivity contribution in [3.8, 4) is 0 Å². The molecule has 0 aliphatic heterocycles. The van der Waals surface area contributed by atoms with Gasteiger partial charge < -0.3 is 20.1 Å². The number of nitrogens with one attached hydrogen (secondary N) is 1. The van der Waals surface area contributed by atoms with Gasteiger partial charge in [-0.3, -0.25) is 9.59 Å². The molecule has 2 N–H and O–H groups in total. The third kappa shape index (κ3) is 4.36. The van der Waals surface area contributed by atoms with E-state index in [0.29, 0.717) is 35.8 Å². The van der Waals surface area contributed by atoms with Gasteiger partial charge in [-0.25, -0.2) is 0 Å². The van der Waals surface area contributed by atoms with Crippen LogP contribution in [0.4, 0.5) is 0 Å². The van der Waals surface area contributed by atoms with Crippen LogP contribution in [0.1, 0.15) is 80.1 Å². The van der Waals surface area contributed by atoms with Gasteiger partial charge in [-0.05, 0) is 102 Å². The molecule has 4 rings (SSSR count). The third-order valence-electron chi connectivity index (χ3n) is 11.0. The van der Waals surface area contributed by atoms with Crippen molar-refractivity contribution in [2.45, 2.75) is 104 Å². The Hall–Kier alpha value is -1.66. The monoisotopic (exact) mass is 500 g/mol. The topological polar surface area (TPSA) is 78.9 Å². The second-order valence-corrected chi connectivity index (χ2v) is 12.9. The molecule has 0 radical (unpaired) electrons. The molecule has 0 heterocycles. The lowest BCUT2D eigenvalue weighted by molar-refractivity contribution is -0.194. The van der Waals surface area contributed by atoms with E-state index in [1.807, 2.05) is 6.92 Å². The number of carbonyl (C=O) groups excluding carboxylic acids is 2. The van der Waals surface area contributed by atoms with E-state index in [2.05, 4.69) is 51.2 Å². The minimum atomic E-state index is -0.748. The molecule has 10 atom stereocenters. The minimum absolute atomic E-state index is 0.126. The number of likely N-dealkylation sites (N-methyl/N-ethyl adjacent to an activating group) is 1. The summed E-state index contributed by atoms with van der Waals surface area (Å²) in [7, 11) is 4.34. The van der Waals surface area contributed by atoms with E-state index in [4.69, 9.17) is 4.74 Å². The van der Waals surface area contributed by atoms with Gasteiger partial charge >= 0.3 is 5.97 Å². The third-order valence-corrected chi connectivity index (χ3v) is 11.0. The lowest BCUT2D eigenvalue weighted by Gasteiger charge is -2.63. The number of amides is 1. The van der Waals surface area contributed by atoms with Crippen molar-refractivity contribution in [2.24, 2.45) is 34.5 Å². The molecule has 4 aliphatic rings. The number of hydrogen-bond donors (Lipinski definition) is 2. The number of carbonyl (C=O) groups is 2. The molecule has 3 saturated carbocycles. The summed E-state index contributed by atoms with van der Waals surface area (Å²) >= 11 is 0. The van der Waals surface area contributed by atoms with Crippen LogP contribution >= 0.6 is 0 Å². The second-order valence-electron chi connectivity index (χ2n) is 12.9. The van der Waals surface area contributed by atoms with E-state index in [1.54, 1.807) is 18.6 Å². The first-order chi connectivity index (χ1) is 16.8. The molecule has 0 aromatic carbocycles. The zero-order chi connectivity index (χ0) is 26.6. The van der Waals surface area contributed by atoms with E-state index in [0.717, 1.165) is 25.7 Å². The fraction of sp³-hybridized carbons (Fsp3) is 0.800. The maximum atomic E-state index is 12.7. The molecule has 0 aromatic rings. The van der Waals surface area contributed by atoms with Crippen LogP contribution in [0.15, 0.2) is 23.3 Å². The summed E-state index contributed by atoms with van der Waals surface area (Å²) in [6.07, 6.45) is 9.19. The summed E-state index contributed by atoms with van der Waals surface area (Å²) in [5.41, 5.74) is 2.31. The van der Waals surface area contributed by atoms with Gasteiger partial charge in [0.1, 0.15) is 6.10 Å². The number of aliphatic hydroxyl groups excluding tert-OH is 1. The van der Waals surface area contributed by atoms with Gasteiger partial charge in [0.05, 0.1) is 12.1 Å². The van der Waals surface area contributed by atoms with Gasteiger partial charge in [0.2, 0.25) is 5.91 Å². The highest BCUT2D eigenvalue weighted by Gasteiger charge is 2.63. The van der Waals surface area contributed by atoms with Gasteiger partial charge in [0.25, 0.3) is 0 Å². The fourth-order valence-electron chi connectivity index (χ4n) is 8.82. The summed E-state index contributed by atoms with van der Waals surface area (Å²) in [6.45, 7) is 12.2. The van der Waals surface area contributed by atoms with Crippen molar-refractivity contribution in [3.05, 3.63) is 23.3 Å². The zero-order valence-corrected chi connectivity index (χ0v) is 23.6. The first-order valence-electron chi connectivity index (χ1n) is 14.0. The van der Waals surface area contributed by atoms with E-state index in [-0.39, 0.29) is 28.6 Å². The Morgan fingerprint density at radius 1 is 1.17 bits per heavy atom. The predicted octanol–water partition coefficient (Wildman–Crippen LogP) is 4.48. The number of nitrogens with zero attached hydrogens (tertiary/aromatic N) is 1. The Labute approximate surface area is 217 Å². The van der Waals surface area contributed by atoms with Crippen molar-refractivity contribution >= 4 is 11.9 Å². The van der Waals surface area contributed by atoms with Crippen LogP contribution in [0.3, 0.4) is 0 Å². The summed E-state index contributed by atoms with van der Waals surface area (Å²) in [5, 5.41) is 14.4. The Morgan fingerprint density at radius 3 is 2.47 bits per heavy atom. The number of allylic oxidation sites excluding steroid dienone is 2. The van der Waals surface area contributed by atoms with Gasteiger partial charge in [0.15, 0.2) is 0 Å². The van der Waals surface area contributed by atoms with E-state index in [9.17, 15) is 14.7 Å². The number of rotatable bonds is 5. The number of fused-ring (bicyclic) bond motifs is 5. The molecule has 6 heteroatoms. The number of aliphatic hydroxyl groups is 1. The van der Waals surface area contributed by atoms with Crippen molar-refractivity contribution < 1.29 is 19.4 Å². The smallest absolute Gasteiger partial charge is 0.302 e. The highest BCUT2D eigenvalue weighted by atomic mass is 16.5. The highest BCUT2D eigenvalue weighted by molar-refractivity contribution is 5.93. The van der Waals surface area contributed by atoms with Crippen molar-refractivity contribution in [3.63, 3.8) is 0 Å². The van der Waals surface area contributed by atoms with Gasteiger partial charge in [-0.1, -0.05) is 31.6 Å². The molecular formula is C30H48N2O4. The minimum Gasteiger partial charge on any atom is -0.460 e. The molecule has 6 nitrogen and oxygen atoms in total. The highest BCUT2D eigenvalue weighted by Crippen LogP contribution is 2.67. The summed E-state index contributed by atoms with van der Waals surface area (Å²) in [6, 6.07) is -0.140. The SMILES string of the molecule is C/C=C(\C)C(=O)N[C@@H]1[C@H](OC(C)=O)[C@@H]2CC[C@@H]3[C@H](CC[C@]4(C)C([C@H](C)N(C)C)=CC[C@@H]34)[C@@]2(C)C[C@H]1O. The first-order valence-corrected chi connectivity index (χ1v) is 14.0. The maximum absolute atomic E-state index is 12.7. The number of hydrogen-bond acceptors (Lipinski definition) is 5. The molecule has 0 unspecified atom stereocenters. The molecule has 202 valence electrons. The Morgan fingerprint density at radius 2 is 1.86 bits per heavy atom. The summed E-state index contributed by atoms with van der Waals surface area (Å²) in [5.74, 6) is 1.29. The van der Waals surface area contributed by atoms with Gasteiger partial charge in [0, 0.05) is 24.5 Å². The van der Waals surface area contributed by atoms with Crippen molar-refractivity contribution in [1.82, 2.24) is 10.2 Å². The lowest BCUT2D eigenvalue weighted by Crippen LogP contribution is -2.66. The van der Waals surface area contributed by atoms with Gasteiger partial charge in [-0.2, -0.15) is 0 Å². The summed E-state index contributed by atoms with van der Waals surface area (Å²) < 4.78 is 5.94. The van der Waals surface area contributed by atoms with Crippen LogP contribution in [-0.4, -0.2) is 60.3 Å².